The fourth-order valence-corrected chi connectivity index (χ4v) is 2.16. The number of nitrogen functional groups attached to an aromatic ring is 1. The fourth-order valence-electron chi connectivity index (χ4n) is 2.16. The first kappa shape index (κ1) is 14.7. The topological polar surface area (TPSA) is 62.3 Å². The molecule has 0 radical (unpaired) electrons. The average molecular weight is 277 g/mol. The Balaban J connectivity index is 1.97. The van der Waals surface area contributed by atoms with Crippen LogP contribution < -0.4 is 10.5 Å². The minimum Gasteiger partial charge on any atom is -0.497 e. The number of hydrogen-bond donors (Lipinski definition) is 1. The van der Waals surface area contributed by atoms with Crippen molar-refractivity contribution in [2.45, 2.75) is 32.7 Å². The Kier molecular flexibility index (Phi) is 5.24. The first-order valence-electron chi connectivity index (χ1n) is 7.13. The van der Waals surface area contributed by atoms with Gasteiger partial charge in [-0.2, -0.15) is 0 Å². The summed E-state index contributed by atoms with van der Waals surface area (Å²) >= 11 is 0. The highest BCUT2D eigenvalue weighted by Gasteiger charge is 2.08. The normalized spacial score (nSPS) is 11.1. The van der Waals surface area contributed by atoms with Crippen molar-refractivity contribution in [1.29, 1.82) is 0 Å². The van der Waals surface area contributed by atoms with E-state index >= 15 is 0 Å². The van der Waals surface area contributed by atoms with E-state index in [1.807, 2.05) is 22.8 Å². The van der Waals surface area contributed by atoms with Gasteiger partial charge >= 0.3 is 0 Å². The number of unbranched alkanes of at least 4 members (excludes halogenated alkanes) is 1. The van der Waals surface area contributed by atoms with Gasteiger partial charge in [-0.05, 0) is 25.0 Å². The lowest BCUT2D eigenvalue weighted by molar-refractivity contribution is 0.126. The number of ether oxygens (including phenoxy) is 2. The van der Waals surface area contributed by atoms with Crippen molar-refractivity contribution in [2.75, 3.05) is 26.1 Å². The van der Waals surface area contributed by atoms with E-state index < -0.39 is 0 Å². The molecule has 0 unspecified atom stereocenters. The van der Waals surface area contributed by atoms with E-state index in [-0.39, 0.29) is 0 Å². The molecule has 0 aliphatic rings. The molecule has 0 aliphatic heterocycles. The van der Waals surface area contributed by atoms with Gasteiger partial charge in [0.05, 0.1) is 18.1 Å². The second-order valence-corrected chi connectivity index (χ2v) is 4.80. The number of nitrogens with two attached hydrogens (primary N) is 1. The summed E-state index contributed by atoms with van der Waals surface area (Å²) < 4.78 is 12.8. The first-order chi connectivity index (χ1) is 9.76. The van der Waals surface area contributed by atoms with Crippen LogP contribution in [0.1, 0.15) is 26.2 Å². The Bertz CT molecular complexity index is 551. The molecular formula is C15H23N3O2. The van der Waals surface area contributed by atoms with E-state index in [0.29, 0.717) is 5.95 Å². The van der Waals surface area contributed by atoms with Gasteiger partial charge in [-0.3, -0.25) is 0 Å². The minimum atomic E-state index is 0.543. The van der Waals surface area contributed by atoms with E-state index in [9.17, 15) is 0 Å². The van der Waals surface area contributed by atoms with Gasteiger partial charge in [0.25, 0.3) is 0 Å². The molecule has 0 fully saturated rings. The third kappa shape index (κ3) is 3.42. The van der Waals surface area contributed by atoms with E-state index in [1.165, 1.54) is 6.42 Å². The summed E-state index contributed by atoms with van der Waals surface area (Å²) in [5.41, 5.74) is 7.89. The highest BCUT2D eigenvalue weighted by Crippen LogP contribution is 2.23. The zero-order chi connectivity index (χ0) is 14.4. The van der Waals surface area contributed by atoms with Crippen LogP contribution in [0.15, 0.2) is 18.2 Å². The molecule has 0 spiro atoms. The van der Waals surface area contributed by atoms with Gasteiger partial charge in [-0.1, -0.05) is 13.3 Å². The first-order valence-corrected chi connectivity index (χ1v) is 7.13. The van der Waals surface area contributed by atoms with Gasteiger partial charge in [-0.15, -0.1) is 0 Å². The maximum atomic E-state index is 5.98. The van der Waals surface area contributed by atoms with Gasteiger partial charge in [-0.25, -0.2) is 4.98 Å². The Morgan fingerprint density at radius 1 is 1.25 bits per heavy atom. The third-order valence-corrected chi connectivity index (χ3v) is 3.30. The summed E-state index contributed by atoms with van der Waals surface area (Å²) in [5.74, 6) is 1.34. The van der Waals surface area contributed by atoms with Gasteiger partial charge in [0.1, 0.15) is 5.75 Å². The Labute approximate surface area is 119 Å². The van der Waals surface area contributed by atoms with E-state index in [4.69, 9.17) is 15.2 Å². The fraction of sp³-hybridized carbons (Fsp3) is 0.533. The molecule has 0 saturated heterocycles. The van der Waals surface area contributed by atoms with Crippen LogP contribution in [0.3, 0.4) is 0 Å². The van der Waals surface area contributed by atoms with Crippen molar-refractivity contribution in [3.05, 3.63) is 18.2 Å². The van der Waals surface area contributed by atoms with Crippen LogP contribution in [0.5, 0.6) is 5.75 Å². The van der Waals surface area contributed by atoms with Crippen LogP contribution in [0, 0.1) is 0 Å². The summed E-state index contributed by atoms with van der Waals surface area (Å²) in [4.78, 5) is 4.37. The number of nitrogens with zero attached hydrogens (tertiary/aromatic N) is 2. The summed E-state index contributed by atoms with van der Waals surface area (Å²) in [7, 11) is 1.65. The van der Waals surface area contributed by atoms with Crippen LogP contribution in [-0.4, -0.2) is 29.9 Å². The van der Waals surface area contributed by atoms with Gasteiger partial charge in [0.2, 0.25) is 5.95 Å². The number of anilines is 1. The van der Waals surface area contributed by atoms with E-state index in [2.05, 4.69) is 11.9 Å². The van der Waals surface area contributed by atoms with Crippen molar-refractivity contribution in [1.82, 2.24) is 9.55 Å². The molecule has 0 aliphatic carbocycles. The Hall–Kier alpha value is -1.75. The van der Waals surface area contributed by atoms with Crippen molar-refractivity contribution in [3.8, 4) is 5.75 Å². The van der Waals surface area contributed by atoms with Gasteiger partial charge in [0, 0.05) is 25.8 Å². The molecule has 0 saturated carbocycles. The molecule has 2 aromatic rings. The maximum absolute atomic E-state index is 5.98. The predicted molar refractivity (Wildman–Crippen MR) is 81.0 cm³/mol. The molecule has 20 heavy (non-hydrogen) atoms. The maximum Gasteiger partial charge on any atom is 0.201 e. The number of hydrogen-bond acceptors (Lipinski definition) is 4. The number of aryl methyl sites for hydroxylation is 1. The molecular weight excluding hydrogens is 254 g/mol. The number of rotatable bonds is 8. The average Bonchev–Trinajstić information content (AvgIpc) is 2.77. The number of aromatic nitrogens is 2. The van der Waals surface area contributed by atoms with E-state index in [0.717, 1.165) is 49.4 Å². The Morgan fingerprint density at radius 2 is 2.05 bits per heavy atom. The molecule has 1 aromatic heterocycles. The molecule has 5 nitrogen and oxygen atoms in total. The lowest BCUT2D eigenvalue weighted by atomic mass is 10.3. The molecule has 1 aromatic carbocycles. The molecule has 0 amide bonds. The largest absolute Gasteiger partial charge is 0.497 e. The number of imidazole rings is 1. The second kappa shape index (κ2) is 7.14. The van der Waals surface area contributed by atoms with Crippen molar-refractivity contribution < 1.29 is 9.47 Å². The zero-order valence-electron chi connectivity index (χ0n) is 12.3. The smallest absolute Gasteiger partial charge is 0.201 e. The van der Waals surface area contributed by atoms with E-state index in [1.54, 1.807) is 7.11 Å². The number of methoxy groups -OCH3 is 1. The Morgan fingerprint density at radius 3 is 2.80 bits per heavy atom. The summed E-state index contributed by atoms with van der Waals surface area (Å²) in [6, 6.07) is 5.83. The van der Waals surface area contributed by atoms with Crippen LogP contribution >= 0.6 is 0 Å². The highest BCUT2D eigenvalue weighted by molar-refractivity contribution is 5.79. The second-order valence-electron chi connectivity index (χ2n) is 4.80. The molecule has 2 rings (SSSR count). The van der Waals surface area contributed by atoms with Crippen LogP contribution in [0.2, 0.25) is 0 Å². The lowest BCUT2D eigenvalue weighted by Crippen LogP contribution is -2.06. The van der Waals surface area contributed by atoms with Crippen molar-refractivity contribution in [3.63, 3.8) is 0 Å². The molecule has 0 atom stereocenters. The molecule has 1 heterocycles. The predicted octanol–water partition coefficient (Wildman–Crippen LogP) is 2.83. The van der Waals surface area contributed by atoms with Crippen LogP contribution in [-0.2, 0) is 11.3 Å². The number of benzene rings is 1. The monoisotopic (exact) mass is 277 g/mol. The summed E-state index contributed by atoms with van der Waals surface area (Å²) in [6.45, 7) is 4.58. The number of fused-ring (bicyclic) bond motifs is 1. The lowest BCUT2D eigenvalue weighted by Gasteiger charge is -2.07. The van der Waals surface area contributed by atoms with Crippen LogP contribution in [0.4, 0.5) is 5.95 Å². The SMILES string of the molecule is CCCCOCCCn1c(N)nc2cc(OC)ccc21. The van der Waals surface area contributed by atoms with Crippen molar-refractivity contribution in [2.24, 2.45) is 0 Å². The minimum absolute atomic E-state index is 0.543. The summed E-state index contributed by atoms with van der Waals surface area (Å²) in [5, 5.41) is 0. The van der Waals surface area contributed by atoms with Gasteiger partial charge < -0.3 is 19.8 Å². The standard InChI is InChI=1S/C15H23N3O2/c1-3-4-9-20-10-5-8-18-14-7-6-12(19-2)11-13(14)17-15(18)16/h6-7,11H,3-5,8-10H2,1-2H3,(H2,16,17). The summed E-state index contributed by atoms with van der Waals surface area (Å²) in [6.07, 6.45) is 3.22. The van der Waals surface area contributed by atoms with Gasteiger partial charge in [0.15, 0.2) is 0 Å². The quantitative estimate of drug-likeness (QED) is 0.754. The highest BCUT2D eigenvalue weighted by atomic mass is 16.5. The molecule has 0 bridgehead atoms. The molecule has 5 heteroatoms. The van der Waals surface area contributed by atoms with Crippen molar-refractivity contribution >= 4 is 17.0 Å². The molecule has 2 N–H and O–H groups in total. The van der Waals surface area contributed by atoms with Crippen LogP contribution in [0.25, 0.3) is 11.0 Å². The zero-order valence-corrected chi connectivity index (χ0v) is 12.3. The third-order valence-electron chi connectivity index (χ3n) is 3.30. The molecule has 110 valence electrons.